The largest absolute Gasteiger partial charge is 0.480 e. The second-order valence-corrected chi connectivity index (χ2v) is 8.90. The number of nitrogens with one attached hydrogen (secondary N) is 1. The molecule has 1 amide bonds. The molecule has 24 heavy (non-hydrogen) atoms. The lowest BCUT2D eigenvalue weighted by Crippen LogP contribution is -2.59. The number of carboxylic acids is 1. The van der Waals surface area contributed by atoms with Gasteiger partial charge >= 0.3 is 5.97 Å². The molecular formula is C17H21NO5S. The number of sulfone groups is 1. The van der Waals surface area contributed by atoms with Gasteiger partial charge in [0.25, 0.3) is 5.91 Å². The SMILES string of the molecule is O=C(NC1(C(=O)O)CCC1)c1ccc(S(=O)(=O)C2CCCC2)cc1. The lowest BCUT2D eigenvalue weighted by atomic mass is 9.76. The third-order valence-corrected chi connectivity index (χ3v) is 7.43. The molecule has 2 aliphatic rings. The smallest absolute Gasteiger partial charge is 0.329 e. The first-order valence-electron chi connectivity index (χ1n) is 8.25. The van der Waals surface area contributed by atoms with Gasteiger partial charge in [-0.1, -0.05) is 12.8 Å². The van der Waals surface area contributed by atoms with Gasteiger partial charge in [0.05, 0.1) is 10.1 Å². The van der Waals surface area contributed by atoms with Gasteiger partial charge in [0.15, 0.2) is 9.84 Å². The maximum Gasteiger partial charge on any atom is 0.329 e. The summed E-state index contributed by atoms with van der Waals surface area (Å²) in [5, 5.41) is 11.5. The summed E-state index contributed by atoms with van der Waals surface area (Å²) in [5.41, 5.74) is -0.904. The molecule has 1 aromatic rings. The number of amides is 1. The number of hydrogen-bond donors (Lipinski definition) is 2. The minimum Gasteiger partial charge on any atom is -0.480 e. The predicted molar refractivity (Wildman–Crippen MR) is 87.6 cm³/mol. The summed E-state index contributed by atoms with van der Waals surface area (Å²) in [6.07, 6.45) is 4.84. The van der Waals surface area contributed by atoms with Crippen LogP contribution in [0.4, 0.5) is 0 Å². The van der Waals surface area contributed by atoms with E-state index in [0.717, 1.165) is 19.3 Å². The number of hydrogen-bond acceptors (Lipinski definition) is 4. The average molecular weight is 351 g/mol. The minimum atomic E-state index is -3.35. The van der Waals surface area contributed by atoms with Crippen LogP contribution in [0.5, 0.6) is 0 Å². The summed E-state index contributed by atoms with van der Waals surface area (Å²) in [7, 11) is -3.35. The maximum atomic E-state index is 12.5. The highest BCUT2D eigenvalue weighted by Crippen LogP contribution is 2.33. The Morgan fingerprint density at radius 1 is 1.04 bits per heavy atom. The highest BCUT2D eigenvalue weighted by Gasteiger charge is 2.45. The first-order valence-corrected chi connectivity index (χ1v) is 9.80. The van der Waals surface area contributed by atoms with Gasteiger partial charge in [-0.2, -0.15) is 0 Å². The molecule has 0 heterocycles. The zero-order valence-corrected chi connectivity index (χ0v) is 14.1. The van der Waals surface area contributed by atoms with Gasteiger partial charge in [-0.05, 0) is 56.4 Å². The van der Waals surface area contributed by atoms with Crippen LogP contribution in [-0.2, 0) is 14.6 Å². The van der Waals surface area contributed by atoms with Gasteiger partial charge in [0, 0.05) is 5.56 Å². The molecule has 0 aromatic heterocycles. The minimum absolute atomic E-state index is 0.225. The fourth-order valence-electron chi connectivity index (χ4n) is 3.40. The Hall–Kier alpha value is -1.89. The molecule has 0 atom stereocenters. The molecule has 130 valence electrons. The molecule has 0 saturated heterocycles. The zero-order chi connectivity index (χ0) is 17.4. The number of carboxylic acid groups (broad SMARTS) is 1. The van der Waals surface area contributed by atoms with E-state index in [4.69, 9.17) is 0 Å². The van der Waals surface area contributed by atoms with E-state index < -0.39 is 27.3 Å². The molecule has 0 spiro atoms. The summed E-state index contributed by atoms with van der Waals surface area (Å²) < 4.78 is 25.0. The van der Waals surface area contributed by atoms with E-state index in [0.29, 0.717) is 25.7 Å². The van der Waals surface area contributed by atoms with E-state index in [2.05, 4.69) is 5.32 Å². The highest BCUT2D eigenvalue weighted by atomic mass is 32.2. The average Bonchev–Trinajstić information content (AvgIpc) is 3.05. The molecule has 2 fully saturated rings. The van der Waals surface area contributed by atoms with Crippen LogP contribution in [0.1, 0.15) is 55.3 Å². The van der Waals surface area contributed by atoms with E-state index >= 15 is 0 Å². The van der Waals surface area contributed by atoms with Crippen molar-refractivity contribution in [3.63, 3.8) is 0 Å². The fourth-order valence-corrected chi connectivity index (χ4v) is 5.25. The van der Waals surface area contributed by atoms with Crippen molar-refractivity contribution in [3.8, 4) is 0 Å². The molecule has 7 heteroatoms. The summed E-state index contributed by atoms with van der Waals surface area (Å²) in [5.74, 6) is -1.51. The molecule has 2 N–H and O–H groups in total. The maximum absolute atomic E-state index is 12.5. The third kappa shape index (κ3) is 2.92. The van der Waals surface area contributed by atoms with Crippen molar-refractivity contribution in [2.45, 2.75) is 60.6 Å². The van der Waals surface area contributed by atoms with E-state index in [1.807, 2.05) is 0 Å². The lowest BCUT2D eigenvalue weighted by Gasteiger charge is -2.38. The van der Waals surface area contributed by atoms with Gasteiger partial charge in [0.2, 0.25) is 0 Å². The van der Waals surface area contributed by atoms with Crippen LogP contribution >= 0.6 is 0 Å². The molecule has 0 unspecified atom stereocenters. The van der Waals surface area contributed by atoms with Crippen molar-refractivity contribution in [3.05, 3.63) is 29.8 Å². The molecule has 3 rings (SSSR count). The second kappa shape index (κ2) is 6.20. The van der Waals surface area contributed by atoms with Crippen LogP contribution in [0, 0.1) is 0 Å². The van der Waals surface area contributed by atoms with Crippen molar-refractivity contribution in [2.75, 3.05) is 0 Å². The molecular weight excluding hydrogens is 330 g/mol. The Kier molecular flexibility index (Phi) is 4.38. The number of aliphatic carboxylic acids is 1. The van der Waals surface area contributed by atoms with E-state index in [1.54, 1.807) is 0 Å². The second-order valence-electron chi connectivity index (χ2n) is 6.67. The molecule has 0 bridgehead atoms. The Balaban J connectivity index is 1.74. The van der Waals surface area contributed by atoms with Gasteiger partial charge in [-0.3, -0.25) is 4.79 Å². The summed E-state index contributed by atoms with van der Waals surface area (Å²) in [6.45, 7) is 0. The number of rotatable bonds is 5. The Morgan fingerprint density at radius 2 is 1.62 bits per heavy atom. The molecule has 2 aliphatic carbocycles. The van der Waals surface area contributed by atoms with Crippen LogP contribution in [0.2, 0.25) is 0 Å². The van der Waals surface area contributed by atoms with Crippen LogP contribution in [0.15, 0.2) is 29.2 Å². The van der Waals surface area contributed by atoms with Crippen molar-refractivity contribution in [1.82, 2.24) is 5.32 Å². The molecule has 0 radical (unpaired) electrons. The monoisotopic (exact) mass is 351 g/mol. The van der Waals surface area contributed by atoms with Crippen LogP contribution in [0.3, 0.4) is 0 Å². The zero-order valence-electron chi connectivity index (χ0n) is 13.3. The van der Waals surface area contributed by atoms with E-state index in [-0.39, 0.29) is 15.7 Å². The van der Waals surface area contributed by atoms with Gasteiger partial charge in [0.1, 0.15) is 5.54 Å². The van der Waals surface area contributed by atoms with E-state index in [9.17, 15) is 23.1 Å². The van der Waals surface area contributed by atoms with Gasteiger partial charge in [-0.15, -0.1) is 0 Å². The van der Waals surface area contributed by atoms with E-state index in [1.165, 1.54) is 24.3 Å². The van der Waals surface area contributed by atoms with Crippen molar-refractivity contribution in [2.24, 2.45) is 0 Å². The van der Waals surface area contributed by atoms with Crippen LogP contribution in [-0.4, -0.2) is 36.2 Å². The molecule has 2 saturated carbocycles. The summed E-state index contributed by atoms with van der Waals surface area (Å²) in [6, 6.07) is 5.78. The van der Waals surface area contributed by atoms with Crippen LogP contribution < -0.4 is 5.32 Å². The quantitative estimate of drug-likeness (QED) is 0.846. The first-order chi connectivity index (χ1) is 11.3. The molecule has 0 aliphatic heterocycles. The van der Waals surface area contributed by atoms with Crippen molar-refractivity contribution < 1.29 is 23.1 Å². The fraction of sp³-hybridized carbons (Fsp3) is 0.529. The standard InChI is InChI=1S/C17H21NO5S/c19-15(18-17(16(20)21)10-3-11-17)12-6-8-14(9-7-12)24(22,23)13-4-1-2-5-13/h6-9,13H,1-5,10-11H2,(H,18,19)(H,20,21). The Morgan fingerprint density at radius 3 is 2.08 bits per heavy atom. The van der Waals surface area contributed by atoms with Crippen molar-refractivity contribution >= 4 is 21.7 Å². The number of benzene rings is 1. The highest BCUT2D eigenvalue weighted by molar-refractivity contribution is 7.92. The molecule has 6 nitrogen and oxygen atoms in total. The van der Waals surface area contributed by atoms with Crippen LogP contribution in [0.25, 0.3) is 0 Å². The predicted octanol–water partition coefficient (Wildman–Crippen LogP) is 2.14. The third-order valence-electron chi connectivity index (χ3n) is 5.16. The van der Waals surface area contributed by atoms with Gasteiger partial charge < -0.3 is 10.4 Å². The topological polar surface area (TPSA) is 101 Å². The first kappa shape index (κ1) is 17.0. The Labute approximate surface area is 141 Å². The molecule has 1 aromatic carbocycles. The number of carbonyl (C=O) groups excluding carboxylic acids is 1. The number of carbonyl (C=O) groups is 2. The Bertz CT molecular complexity index is 744. The van der Waals surface area contributed by atoms with Gasteiger partial charge in [-0.25, -0.2) is 13.2 Å². The summed E-state index contributed by atoms with van der Waals surface area (Å²) >= 11 is 0. The van der Waals surface area contributed by atoms with Crippen molar-refractivity contribution in [1.29, 1.82) is 0 Å². The normalized spacial score (nSPS) is 20.3. The summed E-state index contributed by atoms with van der Waals surface area (Å²) in [4.78, 5) is 23.8. The lowest BCUT2D eigenvalue weighted by molar-refractivity contribution is -0.148.